The van der Waals surface area contributed by atoms with Crippen LogP contribution in [0.15, 0.2) is 23.1 Å². The van der Waals surface area contributed by atoms with E-state index in [2.05, 4.69) is 4.72 Å². The molecular weight excluding hydrogens is 312 g/mol. The minimum atomic E-state index is -4.24. The average molecular weight is 325 g/mol. The summed E-state index contributed by atoms with van der Waals surface area (Å²) in [6, 6.07) is 2.96. The van der Waals surface area contributed by atoms with Gasteiger partial charge in [0, 0.05) is 12.1 Å². The lowest BCUT2D eigenvalue weighted by Crippen LogP contribution is -2.51. The molecule has 1 rings (SSSR count). The minimum Gasteiger partial charge on any atom is -0.394 e. The van der Waals surface area contributed by atoms with Gasteiger partial charge in [-0.3, -0.25) is 10.1 Å². The molecule has 0 amide bonds. The normalized spacial score (nSPS) is 12.4. The molecule has 0 aromatic heterocycles. The Morgan fingerprint density at radius 3 is 2.40 bits per heavy atom. The summed E-state index contributed by atoms with van der Waals surface area (Å²) in [5.41, 5.74) is -1.95. The number of benzene rings is 1. The Balaban J connectivity index is 3.28. The maximum Gasteiger partial charge on any atom is 0.270 e. The van der Waals surface area contributed by atoms with Gasteiger partial charge in [-0.1, -0.05) is 11.6 Å². The third-order valence-corrected chi connectivity index (χ3v) is 4.61. The highest BCUT2D eigenvalue weighted by atomic mass is 35.5. The molecule has 0 aliphatic heterocycles. The number of hydrogen-bond donors (Lipinski definition) is 3. The van der Waals surface area contributed by atoms with E-state index in [1.807, 2.05) is 0 Å². The fourth-order valence-corrected chi connectivity index (χ4v) is 3.22. The van der Waals surface area contributed by atoms with Crippen molar-refractivity contribution in [3.8, 4) is 0 Å². The summed E-state index contributed by atoms with van der Waals surface area (Å²) in [4.78, 5) is 9.40. The number of hydrogen-bond acceptors (Lipinski definition) is 6. The van der Waals surface area contributed by atoms with E-state index in [0.717, 1.165) is 18.2 Å². The fraction of sp³-hybridized carbons (Fsp3) is 0.400. The Morgan fingerprint density at radius 2 is 1.95 bits per heavy atom. The molecule has 112 valence electrons. The number of nitrogens with one attached hydrogen (secondary N) is 1. The van der Waals surface area contributed by atoms with Crippen LogP contribution in [0.3, 0.4) is 0 Å². The van der Waals surface area contributed by atoms with Gasteiger partial charge in [0.25, 0.3) is 5.69 Å². The Hall–Kier alpha value is -1.26. The summed E-state index contributed by atoms with van der Waals surface area (Å²) < 4.78 is 26.3. The van der Waals surface area contributed by atoms with Gasteiger partial charge in [-0.15, -0.1) is 0 Å². The number of aliphatic hydroxyl groups is 2. The van der Waals surface area contributed by atoms with Crippen molar-refractivity contribution in [2.24, 2.45) is 0 Å². The first-order chi connectivity index (χ1) is 9.15. The molecule has 0 fully saturated rings. The Morgan fingerprint density at radius 1 is 1.40 bits per heavy atom. The van der Waals surface area contributed by atoms with Crippen molar-refractivity contribution in [1.29, 1.82) is 0 Å². The summed E-state index contributed by atoms with van der Waals surface area (Å²) in [7, 11) is -4.24. The third-order valence-electron chi connectivity index (χ3n) is 2.49. The van der Waals surface area contributed by atoms with Gasteiger partial charge < -0.3 is 10.2 Å². The summed E-state index contributed by atoms with van der Waals surface area (Å²) >= 11 is 5.73. The van der Waals surface area contributed by atoms with E-state index in [0.29, 0.717) is 0 Å². The Kier molecular flexibility index (Phi) is 5.05. The first kappa shape index (κ1) is 16.8. The SMILES string of the molecule is CC(CO)(CO)NS(=O)(=O)c1cc([N+](=O)[O-])ccc1Cl. The van der Waals surface area contributed by atoms with E-state index in [-0.39, 0.29) is 5.02 Å². The number of halogens is 1. The first-order valence-electron chi connectivity index (χ1n) is 5.35. The number of nitro benzene ring substituents is 1. The number of nitrogens with zero attached hydrogens (tertiary/aromatic N) is 1. The molecule has 3 N–H and O–H groups in total. The predicted molar refractivity (Wildman–Crippen MR) is 71.0 cm³/mol. The van der Waals surface area contributed by atoms with Gasteiger partial charge in [-0.05, 0) is 13.0 Å². The number of nitro groups is 1. The predicted octanol–water partition coefficient (Wildman–Crippen LogP) is 0.270. The molecule has 0 spiro atoms. The lowest BCUT2D eigenvalue weighted by molar-refractivity contribution is -0.385. The van der Waals surface area contributed by atoms with Gasteiger partial charge in [-0.2, -0.15) is 0 Å². The Bertz CT molecular complexity index is 614. The molecule has 10 heteroatoms. The van der Waals surface area contributed by atoms with Crippen molar-refractivity contribution in [3.05, 3.63) is 33.3 Å². The van der Waals surface area contributed by atoms with Crippen LogP contribution in [0.5, 0.6) is 0 Å². The van der Waals surface area contributed by atoms with E-state index < -0.39 is 44.3 Å². The molecule has 0 saturated heterocycles. The van der Waals surface area contributed by atoms with Crippen LogP contribution in [-0.4, -0.2) is 42.3 Å². The molecule has 20 heavy (non-hydrogen) atoms. The van der Waals surface area contributed by atoms with Crippen LogP contribution in [0.2, 0.25) is 5.02 Å². The van der Waals surface area contributed by atoms with Crippen molar-refractivity contribution in [2.45, 2.75) is 17.4 Å². The topological polar surface area (TPSA) is 130 Å². The smallest absolute Gasteiger partial charge is 0.270 e. The number of sulfonamides is 1. The van der Waals surface area contributed by atoms with Gasteiger partial charge in [0.15, 0.2) is 0 Å². The molecule has 0 aliphatic carbocycles. The maximum atomic E-state index is 12.1. The second-order valence-electron chi connectivity index (χ2n) is 4.35. The molecule has 1 aromatic carbocycles. The molecule has 0 heterocycles. The van der Waals surface area contributed by atoms with E-state index in [1.54, 1.807) is 0 Å². The zero-order chi connectivity index (χ0) is 15.6. The molecule has 1 aromatic rings. The summed E-state index contributed by atoms with van der Waals surface area (Å²) in [6.07, 6.45) is 0. The third kappa shape index (κ3) is 3.64. The molecule has 0 saturated carbocycles. The molecule has 0 atom stereocenters. The molecular formula is C10H13ClN2O6S. The van der Waals surface area contributed by atoms with Gasteiger partial charge in [0.2, 0.25) is 10.0 Å². The highest BCUT2D eigenvalue weighted by Crippen LogP contribution is 2.26. The van der Waals surface area contributed by atoms with E-state index in [4.69, 9.17) is 21.8 Å². The van der Waals surface area contributed by atoms with E-state index in [1.165, 1.54) is 6.92 Å². The van der Waals surface area contributed by atoms with Gasteiger partial charge in [0.05, 0.1) is 28.7 Å². The molecule has 0 bridgehead atoms. The van der Waals surface area contributed by atoms with Crippen LogP contribution in [0.4, 0.5) is 5.69 Å². The van der Waals surface area contributed by atoms with Crippen molar-refractivity contribution in [2.75, 3.05) is 13.2 Å². The van der Waals surface area contributed by atoms with Crippen molar-refractivity contribution in [3.63, 3.8) is 0 Å². The van der Waals surface area contributed by atoms with Crippen LogP contribution < -0.4 is 4.72 Å². The number of non-ortho nitro benzene ring substituents is 1. The van der Waals surface area contributed by atoms with E-state index in [9.17, 15) is 18.5 Å². The molecule has 0 aliphatic rings. The van der Waals surface area contributed by atoms with E-state index >= 15 is 0 Å². The second-order valence-corrected chi connectivity index (χ2v) is 6.41. The standard InChI is InChI=1S/C10H13ClN2O6S/c1-10(5-14,6-15)12-20(18,19)9-4-7(13(16)17)2-3-8(9)11/h2-4,12,14-15H,5-6H2,1H3. The van der Waals surface area contributed by atoms with Crippen LogP contribution in [0.1, 0.15) is 6.92 Å². The second kappa shape index (κ2) is 6.02. The van der Waals surface area contributed by atoms with Crippen LogP contribution in [0, 0.1) is 10.1 Å². The number of rotatable bonds is 6. The first-order valence-corrected chi connectivity index (χ1v) is 7.21. The van der Waals surface area contributed by atoms with Gasteiger partial charge in [-0.25, -0.2) is 13.1 Å². The summed E-state index contributed by atoms with van der Waals surface area (Å²) in [5, 5.41) is 28.6. The highest BCUT2D eigenvalue weighted by molar-refractivity contribution is 7.89. The monoisotopic (exact) mass is 324 g/mol. The largest absolute Gasteiger partial charge is 0.394 e. The summed E-state index contributed by atoms with van der Waals surface area (Å²) in [6.45, 7) is -0.0413. The summed E-state index contributed by atoms with van der Waals surface area (Å²) in [5.74, 6) is 0. The highest BCUT2D eigenvalue weighted by Gasteiger charge is 2.31. The van der Waals surface area contributed by atoms with Crippen molar-refractivity contribution in [1.82, 2.24) is 4.72 Å². The minimum absolute atomic E-state index is 0.207. The molecule has 0 unspecified atom stereocenters. The average Bonchev–Trinajstić information content (AvgIpc) is 2.38. The van der Waals surface area contributed by atoms with Crippen molar-refractivity contribution < 1.29 is 23.6 Å². The zero-order valence-electron chi connectivity index (χ0n) is 10.4. The fourth-order valence-electron chi connectivity index (χ4n) is 1.31. The number of aliphatic hydroxyl groups excluding tert-OH is 2. The Labute approximate surface area is 120 Å². The molecule has 0 radical (unpaired) electrons. The molecule has 8 nitrogen and oxygen atoms in total. The van der Waals surface area contributed by atoms with Gasteiger partial charge in [0.1, 0.15) is 4.90 Å². The lowest BCUT2D eigenvalue weighted by Gasteiger charge is -2.25. The lowest BCUT2D eigenvalue weighted by atomic mass is 10.1. The van der Waals surface area contributed by atoms with Crippen LogP contribution in [0.25, 0.3) is 0 Å². The van der Waals surface area contributed by atoms with Crippen molar-refractivity contribution >= 4 is 27.3 Å². The van der Waals surface area contributed by atoms with Crippen LogP contribution >= 0.6 is 11.6 Å². The van der Waals surface area contributed by atoms with Crippen LogP contribution in [-0.2, 0) is 10.0 Å². The maximum absolute atomic E-state index is 12.1. The van der Waals surface area contributed by atoms with Gasteiger partial charge >= 0.3 is 0 Å². The quantitative estimate of drug-likeness (QED) is 0.508. The zero-order valence-corrected chi connectivity index (χ0v) is 12.0.